The van der Waals surface area contributed by atoms with Gasteiger partial charge in [0.05, 0.1) is 17.0 Å². The van der Waals surface area contributed by atoms with Crippen LogP contribution in [0, 0.1) is 24.2 Å². The van der Waals surface area contributed by atoms with Gasteiger partial charge in [-0.2, -0.15) is 0 Å². The van der Waals surface area contributed by atoms with Crippen molar-refractivity contribution in [1.82, 2.24) is 9.55 Å². The van der Waals surface area contributed by atoms with Gasteiger partial charge in [-0.1, -0.05) is 90.8 Å². The van der Waals surface area contributed by atoms with Gasteiger partial charge in [-0.3, -0.25) is 9.36 Å². The molecule has 0 amide bonds. The largest absolute Gasteiger partial charge is 0.274 e. The quantitative estimate of drug-likeness (QED) is 0.402. The monoisotopic (exact) mass is 444 g/mol. The van der Waals surface area contributed by atoms with E-state index >= 15 is 0 Å². The molecule has 0 aliphatic heterocycles. The Labute approximate surface area is 185 Å². The van der Waals surface area contributed by atoms with Crippen molar-refractivity contribution in [3.8, 4) is 0 Å². The zero-order chi connectivity index (χ0) is 20.8. The fourth-order valence-electron chi connectivity index (χ4n) is 3.88. The SMILES string of the molecule is Cc1ccc(CSc2nc3ccccc3n2C(=O)[C@@H]2[C@H](C=C(Cl)Cl)C2(C)C)cc1. The summed E-state index contributed by atoms with van der Waals surface area (Å²) >= 11 is 13.3. The zero-order valence-corrected chi connectivity index (χ0v) is 18.9. The van der Waals surface area contributed by atoms with Crippen molar-refractivity contribution in [3.63, 3.8) is 0 Å². The van der Waals surface area contributed by atoms with Crippen LogP contribution < -0.4 is 0 Å². The summed E-state index contributed by atoms with van der Waals surface area (Å²) < 4.78 is 1.99. The molecule has 1 aliphatic carbocycles. The fraction of sp³-hybridized carbons (Fsp3) is 0.304. The third-order valence-corrected chi connectivity index (χ3v) is 6.98. The van der Waals surface area contributed by atoms with Gasteiger partial charge in [-0.05, 0) is 42.0 Å². The van der Waals surface area contributed by atoms with E-state index < -0.39 is 0 Å². The predicted molar refractivity (Wildman–Crippen MR) is 122 cm³/mol. The lowest BCUT2D eigenvalue weighted by Crippen LogP contribution is -2.17. The van der Waals surface area contributed by atoms with Crippen LogP contribution in [0.5, 0.6) is 0 Å². The summed E-state index contributed by atoms with van der Waals surface area (Å²) in [5.74, 6) is 0.648. The molecule has 2 atom stereocenters. The Morgan fingerprint density at radius 2 is 1.86 bits per heavy atom. The number of para-hydroxylation sites is 2. The standard InChI is InChI=1S/C23H22Cl2N2OS/c1-14-8-10-15(11-9-14)13-29-22-26-17-6-4-5-7-18(17)27(22)21(28)20-16(12-19(24)25)23(20,2)3/h4-12,16,20H,13H2,1-3H3/t16-,20-/m0/s1. The summed E-state index contributed by atoms with van der Waals surface area (Å²) in [4.78, 5) is 18.3. The Morgan fingerprint density at radius 1 is 1.17 bits per heavy atom. The van der Waals surface area contributed by atoms with E-state index in [9.17, 15) is 4.79 Å². The Balaban J connectivity index is 1.68. The third-order valence-electron chi connectivity index (χ3n) is 5.72. The van der Waals surface area contributed by atoms with Crippen LogP contribution in [0.1, 0.15) is 29.8 Å². The van der Waals surface area contributed by atoms with Crippen molar-refractivity contribution in [2.45, 2.75) is 31.7 Å². The first-order valence-corrected chi connectivity index (χ1v) is 11.3. The number of thioether (sulfide) groups is 1. The van der Waals surface area contributed by atoms with Gasteiger partial charge in [0.1, 0.15) is 4.49 Å². The lowest BCUT2D eigenvalue weighted by Gasteiger charge is -2.09. The molecule has 0 N–H and O–H groups in total. The molecular formula is C23H22Cl2N2OS. The highest BCUT2D eigenvalue weighted by atomic mass is 35.5. The number of fused-ring (bicyclic) bond motifs is 1. The second-order valence-corrected chi connectivity index (χ2v) is 10.1. The molecule has 29 heavy (non-hydrogen) atoms. The molecule has 0 unspecified atom stereocenters. The van der Waals surface area contributed by atoms with Crippen molar-refractivity contribution in [2.75, 3.05) is 0 Å². The topological polar surface area (TPSA) is 34.9 Å². The van der Waals surface area contributed by atoms with E-state index in [1.807, 2.05) is 24.3 Å². The number of benzene rings is 2. The maximum Gasteiger partial charge on any atom is 0.237 e. The van der Waals surface area contributed by atoms with E-state index in [1.54, 1.807) is 22.4 Å². The third kappa shape index (κ3) is 3.98. The number of halogens is 2. The average molecular weight is 445 g/mol. The second kappa shape index (κ2) is 7.82. The Kier molecular flexibility index (Phi) is 5.54. The Hall–Kier alpha value is -1.75. The molecule has 3 aromatic rings. The van der Waals surface area contributed by atoms with Crippen LogP contribution in [0.2, 0.25) is 0 Å². The minimum atomic E-state index is -0.184. The smallest absolute Gasteiger partial charge is 0.237 e. The molecule has 0 spiro atoms. The normalized spacial score (nSPS) is 19.9. The lowest BCUT2D eigenvalue weighted by atomic mass is 10.1. The first-order chi connectivity index (χ1) is 13.8. The van der Waals surface area contributed by atoms with Crippen LogP contribution in [-0.2, 0) is 5.75 Å². The number of hydrogen-bond donors (Lipinski definition) is 0. The highest BCUT2D eigenvalue weighted by molar-refractivity contribution is 7.98. The van der Waals surface area contributed by atoms with Crippen LogP contribution in [-0.4, -0.2) is 15.5 Å². The van der Waals surface area contributed by atoms with Crippen LogP contribution in [0.3, 0.4) is 0 Å². The van der Waals surface area contributed by atoms with Gasteiger partial charge >= 0.3 is 0 Å². The molecule has 3 nitrogen and oxygen atoms in total. The molecule has 0 saturated heterocycles. The van der Waals surface area contributed by atoms with E-state index in [2.05, 4.69) is 45.0 Å². The van der Waals surface area contributed by atoms with Crippen LogP contribution in [0.15, 0.2) is 64.3 Å². The second-order valence-electron chi connectivity index (χ2n) is 8.11. The summed E-state index contributed by atoms with van der Waals surface area (Å²) in [6.45, 7) is 6.22. The first kappa shape index (κ1) is 20.5. The summed E-state index contributed by atoms with van der Waals surface area (Å²) in [5, 5.41) is 0.721. The number of nitrogens with zero attached hydrogens (tertiary/aromatic N) is 2. The van der Waals surface area contributed by atoms with Gasteiger partial charge in [0.15, 0.2) is 5.16 Å². The van der Waals surface area contributed by atoms with Gasteiger partial charge in [0.25, 0.3) is 0 Å². The van der Waals surface area contributed by atoms with Crippen molar-refractivity contribution < 1.29 is 4.79 Å². The van der Waals surface area contributed by atoms with Gasteiger partial charge in [0.2, 0.25) is 5.91 Å². The molecule has 1 aromatic heterocycles. The van der Waals surface area contributed by atoms with E-state index in [0.29, 0.717) is 0 Å². The number of aromatic nitrogens is 2. The van der Waals surface area contributed by atoms with E-state index in [1.165, 1.54) is 11.1 Å². The highest BCUT2D eigenvalue weighted by Gasteiger charge is 2.61. The van der Waals surface area contributed by atoms with E-state index in [-0.39, 0.29) is 27.6 Å². The molecular weight excluding hydrogens is 423 g/mol. The van der Waals surface area contributed by atoms with Gasteiger partial charge in [0, 0.05) is 5.75 Å². The molecule has 0 bridgehead atoms. The molecule has 150 valence electrons. The summed E-state index contributed by atoms with van der Waals surface area (Å²) in [6.07, 6.45) is 1.78. The van der Waals surface area contributed by atoms with E-state index in [4.69, 9.17) is 28.2 Å². The molecule has 6 heteroatoms. The van der Waals surface area contributed by atoms with Gasteiger partial charge in [-0.25, -0.2) is 4.98 Å². The predicted octanol–water partition coefficient (Wildman–Crippen LogP) is 6.87. The van der Waals surface area contributed by atoms with Crippen LogP contribution in [0.25, 0.3) is 11.0 Å². The molecule has 0 radical (unpaired) electrons. The highest BCUT2D eigenvalue weighted by Crippen LogP contribution is 2.60. The summed E-state index contributed by atoms with van der Waals surface area (Å²) in [7, 11) is 0. The van der Waals surface area contributed by atoms with Gasteiger partial charge in [-0.15, -0.1) is 0 Å². The molecule has 1 heterocycles. The van der Waals surface area contributed by atoms with Crippen molar-refractivity contribution in [3.05, 3.63) is 70.2 Å². The first-order valence-electron chi connectivity index (χ1n) is 9.52. The van der Waals surface area contributed by atoms with Crippen LogP contribution >= 0.6 is 35.0 Å². The van der Waals surface area contributed by atoms with Crippen molar-refractivity contribution >= 4 is 51.9 Å². The lowest BCUT2D eigenvalue weighted by molar-refractivity contribution is 0.0862. The molecule has 1 aliphatic rings. The Bertz CT molecular complexity index is 1100. The van der Waals surface area contributed by atoms with Crippen molar-refractivity contribution in [2.24, 2.45) is 17.3 Å². The number of aryl methyl sites for hydroxylation is 1. The summed E-state index contributed by atoms with van der Waals surface area (Å²) in [5.41, 5.74) is 3.91. The van der Waals surface area contributed by atoms with Crippen molar-refractivity contribution in [1.29, 1.82) is 0 Å². The zero-order valence-electron chi connectivity index (χ0n) is 16.5. The number of carbonyl (C=O) groups is 1. The Morgan fingerprint density at radius 3 is 2.55 bits per heavy atom. The fourth-order valence-corrected chi connectivity index (χ4v) is 5.12. The number of hydrogen-bond acceptors (Lipinski definition) is 3. The number of rotatable bonds is 5. The van der Waals surface area contributed by atoms with E-state index in [0.717, 1.165) is 21.9 Å². The van der Waals surface area contributed by atoms with Crippen LogP contribution in [0.4, 0.5) is 0 Å². The number of allylic oxidation sites excluding steroid dienone is 1. The maximum absolute atomic E-state index is 13.6. The molecule has 1 fully saturated rings. The molecule has 2 aromatic carbocycles. The number of carbonyl (C=O) groups excluding carboxylic acids is 1. The average Bonchev–Trinajstić information content (AvgIpc) is 3.03. The molecule has 1 saturated carbocycles. The minimum absolute atomic E-state index is 0.0242. The van der Waals surface area contributed by atoms with Gasteiger partial charge < -0.3 is 0 Å². The molecule has 4 rings (SSSR count). The summed E-state index contributed by atoms with van der Waals surface area (Å²) in [6, 6.07) is 16.2. The maximum atomic E-state index is 13.6. The number of imidazole rings is 1. The minimum Gasteiger partial charge on any atom is -0.274 e.